The van der Waals surface area contributed by atoms with E-state index in [0.717, 1.165) is 15.0 Å². The van der Waals surface area contributed by atoms with Gasteiger partial charge in [0.15, 0.2) is 6.61 Å². The van der Waals surface area contributed by atoms with Crippen molar-refractivity contribution in [2.75, 3.05) is 29.5 Å². The molecule has 0 saturated carbocycles. The Morgan fingerprint density at radius 2 is 1.88 bits per heavy atom. The van der Waals surface area contributed by atoms with E-state index in [-0.39, 0.29) is 12.5 Å². The van der Waals surface area contributed by atoms with E-state index in [9.17, 15) is 13.2 Å². The summed E-state index contributed by atoms with van der Waals surface area (Å²) >= 11 is 3.32. The third-order valence-corrected chi connectivity index (χ3v) is 4.91. The molecule has 0 spiro atoms. The zero-order valence-electron chi connectivity index (χ0n) is 13.2. The van der Waals surface area contributed by atoms with Crippen molar-refractivity contribution in [2.24, 2.45) is 0 Å². The van der Waals surface area contributed by atoms with Crippen LogP contribution in [0.3, 0.4) is 0 Å². The molecule has 0 heterocycles. The number of anilines is 2. The number of benzene rings is 2. The summed E-state index contributed by atoms with van der Waals surface area (Å²) in [5.41, 5.74) is 0.955. The van der Waals surface area contributed by atoms with Crippen molar-refractivity contribution in [3.8, 4) is 5.75 Å². The number of amides is 1. The van der Waals surface area contributed by atoms with Crippen molar-refractivity contribution in [3.63, 3.8) is 0 Å². The van der Waals surface area contributed by atoms with Crippen molar-refractivity contribution in [2.45, 2.75) is 0 Å². The summed E-state index contributed by atoms with van der Waals surface area (Å²) in [4.78, 5) is 12.0. The molecular weight excluding hydrogens is 396 g/mol. The van der Waals surface area contributed by atoms with E-state index in [0.29, 0.717) is 17.1 Å². The zero-order valence-corrected chi connectivity index (χ0v) is 15.6. The van der Waals surface area contributed by atoms with Gasteiger partial charge in [-0.05, 0) is 42.5 Å². The predicted molar refractivity (Wildman–Crippen MR) is 98.0 cm³/mol. The number of halogens is 1. The molecule has 2 rings (SSSR count). The van der Waals surface area contributed by atoms with Gasteiger partial charge in [-0.3, -0.25) is 9.10 Å². The Balaban J connectivity index is 1.98. The number of rotatable bonds is 6. The highest BCUT2D eigenvalue weighted by molar-refractivity contribution is 9.10. The zero-order chi connectivity index (χ0) is 17.7. The van der Waals surface area contributed by atoms with Gasteiger partial charge >= 0.3 is 0 Å². The maximum Gasteiger partial charge on any atom is 0.262 e. The lowest BCUT2D eigenvalue weighted by atomic mass is 10.3. The quantitative estimate of drug-likeness (QED) is 0.791. The average Bonchev–Trinajstić information content (AvgIpc) is 2.53. The molecule has 0 saturated heterocycles. The summed E-state index contributed by atoms with van der Waals surface area (Å²) in [6.07, 6.45) is 1.12. The molecule has 0 fully saturated rings. The molecule has 2 aromatic rings. The highest BCUT2D eigenvalue weighted by Gasteiger charge is 2.12. The molecule has 0 aliphatic carbocycles. The second-order valence-corrected chi connectivity index (χ2v) is 8.00. The van der Waals surface area contributed by atoms with Gasteiger partial charge in [0.05, 0.1) is 11.9 Å². The third-order valence-electron chi connectivity index (χ3n) is 3.17. The normalized spacial score (nSPS) is 11.0. The van der Waals surface area contributed by atoms with Gasteiger partial charge in [0.1, 0.15) is 5.75 Å². The molecule has 24 heavy (non-hydrogen) atoms. The monoisotopic (exact) mass is 412 g/mol. The number of nitrogens with zero attached hydrogens (tertiary/aromatic N) is 1. The van der Waals surface area contributed by atoms with Gasteiger partial charge in [0.25, 0.3) is 5.91 Å². The molecule has 0 bridgehead atoms. The molecule has 8 heteroatoms. The van der Waals surface area contributed by atoms with Gasteiger partial charge in [-0.2, -0.15) is 0 Å². The van der Waals surface area contributed by atoms with Crippen LogP contribution < -0.4 is 14.4 Å². The number of hydrogen-bond donors (Lipinski definition) is 1. The number of ether oxygens (including phenoxy) is 1. The molecule has 1 amide bonds. The highest BCUT2D eigenvalue weighted by atomic mass is 79.9. The van der Waals surface area contributed by atoms with E-state index < -0.39 is 10.0 Å². The summed E-state index contributed by atoms with van der Waals surface area (Å²) < 4.78 is 30.6. The molecule has 0 radical (unpaired) electrons. The highest BCUT2D eigenvalue weighted by Crippen LogP contribution is 2.20. The second kappa shape index (κ2) is 7.67. The summed E-state index contributed by atoms with van der Waals surface area (Å²) in [6.45, 7) is -0.145. The van der Waals surface area contributed by atoms with Crippen molar-refractivity contribution in [1.29, 1.82) is 0 Å². The van der Waals surface area contributed by atoms with E-state index in [4.69, 9.17) is 4.74 Å². The van der Waals surface area contributed by atoms with Crippen LogP contribution in [0.15, 0.2) is 53.0 Å². The minimum absolute atomic E-state index is 0.145. The number of carbonyl (C=O) groups excluding carboxylic acids is 1. The van der Waals surface area contributed by atoms with Crippen LogP contribution in [-0.2, 0) is 14.8 Å². The minimum Gasteiger partial charge on any atom is -0.484 e. The Labute approximate surface area is 149 Å². The van der Waals surface area contributed by atoms with Crippen LogP contribution in [0.2, 0.25) is 0 Å². The van der Waals surface area contributed by atoms with Crippen LogP contribution in [0, 0.1) is 0 Å². The molecule has 6 nitrogen and oxygen atoms in total. The Hall–Kier alpha value is -2.06. The fourth-order valence-corrected chi connectivity index (χ4v) is 2.61. The third kappa shape index (κ3) is 5.24. The van der Waals surface area contributed by atoms with Crippen LogP contribution in [0.4, 0.5) is 11.4 Å². The van der Waals surface area contributed by atoms with Gasteiger partial charge < -0.3 is 10.1 Å². The van der Waals surface area contributed by atoms with Crippen molar-refractivity contribution < 1.29 is 17.9 Å². The van der Waals surface area contributed by atoms with Gasteiger partial charge in [-0.25, -0.2) is 8.42 Å². The van der Waals surface area contributed by atoms with E-state index in [2.05, 4.69) is 21.2 Å². The number of carbonyl (C=O) groups is 1. The molecular formula is C16H17BrN2O4S. The Kier molecular flexibility index (Phi) is 5.84. The van der Waals surface area contributed by atoms with Gasteiger partial charge in [-0.15, -0.1) is 0 Å². The lowest BCUT2D eigenvalue weighted by molar-refractivity contribution is -0.118. The summed E-state index contributed by atoms with van der Waals surface area (Å²) in [5, 5.41) is 2.68. The molecule has 2 aromatic carbocycles. The number of nitrogens with one attached hydrogen (secondary N) is 1. The van der Waals surface area contributed by atoms with E-state index >= 15 is 0 Å². The molecule has 0 unspecified atom stereocenters. The van der Waals surface area contributed by atoms with Crippen LogP contribution in [0.1, 0.15) is 0 Å². The van der Waals surface area contributed by atoms with Crippen molar-refractivity contribution in [3.05, 3.63) is 53.0 Å². The molecule has 0 aliphatic heterocycles. The fraction of sp³-hybridized carbons (Fsp3) is 0.188. The van der Waals surface area contributed by atoms with Gasteiger partial charge in [0.2, 0.25) is 10.0 Å². The van der Waals surface area contributed by atoms with E-state index in [1.165, 1.54) is 7.05 Å². The second-order valence-electron chi connectivity index (χ2n) is 5.07. The van der Waals surface area contributed by atoms with Crippen molar-refractivity contribution in [1.82, 2.24) is 0 Å². The number of hydrogen-bond acceptors (Lipinski definition) is 4. The van der Waals surface area contributed by atoms with E-state index in [1.807, 2.05) is 12.1 Å². The summed E-state index contributed by atoms with van der Waals surface area (Å²) in [7, 11) is -1.91. The van der Waals surface area contributed by atoms with Crippen LogP contribution in [0.25, 0.3) is 0 Å². The van der Waals surface area contributed by atoms with Crippen molar-refractivity contribution >= 4 is 43.2 Å². The lowest BCUT2D eigenvalue weighted by Crippen LogP contribution is -2.25. The van der Waals surface area contributed by atoms with Gasteiger partial charge in [-0.1, -0.05) is 22.0 Å². The topological polar surface area (TPSA) is 75.7 Å². The first kappa shape index (κ1) is 18.3. The first-order valence-corrected chi connectivity index (χ1v) is 9.62. The smallest absolute Gasteiger partial charge is 0.262 e. The molecule has 0 aliphatic rings. The van der Waals surface area contributed by atoms with Gasteiger partial charge in [0, 0.05) is 17.2 Å². The molecule has 0 atom stereocenters. The maximum absolute atomic E-state index is 12.0. The average molecular weight is 413 g/mol. The number of sulfonamides is 1. The van der Waals surface area contributed by atoms with Crippen LogP contribution in [0.5, 0.6) is 5.75 Å². The largest absolute Gasteiger partial charge is 0.484 e. The molecule has 128 valence electrons. The Morgan fingerprint density at radius 3 is 2.50 bits per heavy atom. The van der Waals surface area contributed by atoms with Crippen LogP contribution >= 0.6 is 15.9 Å². The SMILES string of the molecule is CN(c1cccc(NC(=O)COc2ccc(Br)cc2)c1)S(C)(=O)=O. The Bertz CT molecular complexity index is 822. The van der Waals surface area contributed by atoms with Crippen LogP contribution in [-0.4, -0.2) is 34.2 Å². The van der Waals surface area contributed by atoms with E-state index in [1.54, 1.807) is 36.4 Å². The molecule has 0 aromatic heterocycles. The summed E-state index contributed by atoms with van der Waals surface area (Å²) in [5.74, 6) is 0.246. The first-order chi connectivity index (χ1) is 11.3. The standard InChI is InChI=1S/C16H17BrN2O4S/c1-19(24(2,21)22)14-5-3-4-13(10-14)18-16(20)11-23-15-8-6-12(17)7-9-15/h3-10H,11H2,1-2H3,(H,18,20). The summed E-state index contributed by atoms with van der Waals surface area (Å²) in [6, 6.07) is 13.7. The first-order valence-electron chi connectivity index (χ1n) is 6.98. The minimum atomic E-state index is -3.36. The lowest BCUT2D eigenvalue weighted by Gasteiger charge is -2.17. The Morgan fingerprint density at radius 1 is 1.21 bits per heavy atom. The molecule has 1 N–H and O–H groups in total. The predicted octanol–water partition coefficient (Wildman–Crippen LogP) is 2.86. The fourth-order valence-electron chi connectivity index (χ4n) is 1.85. The maximum atomic E-state index is 12.0.